The molecule has 0 spiro atoms. The maximum atomic E-state index is 12.7. The first-order valence-corrected chi connectivity index (χ1v) is 12.1. The van der Waals surface area contributed by atoms with Crippen molar-refractivity contribution in [2.24, 2.45) is 0 Å². The Bertz CT molecular complexity index is 1540. The Morgan fingerprint density at radius 2 is 1.92 bits per heavy atom. The molecule has 0 bridgehead atoms. The third-order valence-electron chi connectivity index (χ3n) is 6.14. The summed E-state index contributed by atoms with van der Waals surface area (Å²) in [5.74, 6) is -0.397. The number of nitrogens with zero attached hydrogens (tertiary/aromatic N) is 3. The first kappa shape index (κ1) is 24.2. The molecule has 188 valence electrons. The molecule has 2 heterocycles. The molecular formula is C26H23N5O5S. The number of nitro groups is 1. The first-order valence-electron chi connectivity index (χ1n) is 11.6. The number of carbonyl (C=O) groups excluding carboxylic acids is 1. The highest BCUT2D eigenvalue weighted by molar-refractivity contribution is 7.80. The number of amides is 1. The summed E-state index contributed by atoms with van der Waals surface area (Å²) in [6.07, 6.45) is 1.95. The Morgan fingerprint density at radius 3 is 2.65 bits per heavy atom. The van der Waals surface area contributed by atoms with Gasteiger partial charge in [-0.3, -0.25) is 20.2 Å². The fourth-order valence-corrected chi connectivity index (χ4v) is 4.52. The number of rotatable bonds is 5. The fraction of sp³-hybridized carbons (Fsp3) is 0.192. The molecule has 10 nitrogen and oxygen atoms in total. The minimum atomic E-state index is -0.587. The smallest absolute Gasteiger partial charge is 0.293 e. The molecule has 1 aliphatic rings. The standard InChI is InChI=1S/C26H23N5O5S/c1-15-4-8-19-23(12-15)36-25(28-19)18-7-6-17(14-22(18)32)27-26(37)29-24(33)16-5-9-20(21(13-16)31(34)35)30-10-2-3-11-30/h4-9,12-14,32H,2-3,10-11H2,1H3,(H2,27,29,33,37). The Hall–Kier alpha value is -4.51. The van der Waals surface area contributed by atoms with Gasteiger partial charge in [-0.25, -0.2) is 4.98 Å². The lowest BCUT2D eigenvalue weighted by molar-refractivity contribution is -0.384. The summed E-state index contributed by atoms with van der Waals surface area (Å²) < 4.78 is 5.78. The van der Waals surface area contributed by atoms with Gasteiger partial charge in [-0.2, -0.15) is 0 Å². The van der Waals surface area contributed by atoms with E-state index >= 15 is 0 Å². The predicted molar refractivity (Wildman–Crippen MR) is 144 cm³/mol. The molecule has 3 N–H and O–H groups in total. The van der Waals surface area contributed by atoms with E-state index in [-0.39, 0.29) is 28.0 Å². The van der Waals surface area contributed by atoms with Gasteiger partial charge >= 0.3 is 0 Å². The van der Waals surface area contributed by atoms with Gasteiger partial charge in [-0.15, -0.1) is 0 Å². The van der Waals surface area contributed by atoms with Gasteiger partial charge in [-0.05, 0) is 73.9 Å². The SMILES string of the molecule is Cc1ccc2nc(-c3ccc(NC(=S)NC(=O)c4ccc(N5CCCC5)c([N+](=O)[O-])c4)cc3O)oc2c1. The highest BCUT2D eigenvalue weighted by atomic mass is 32.1. The molecule has 0 aliphatic carbocycles. The second-order valence-electron chi connectivity index (χ2n) is 8.79. The number of benzene rings is 3. The maximum absolute atomic E-state index is 12.7. The van der Waals surface area contributed by atoms with Crippen molar-refractivity contribution in [3.63, 3.8) is 0 Å². The van der Waals surface area contributed by atoms with Crippen LogP contribution in [0.3, 0.4) is 0 Å². The monoisotopic (exact) mass is 517 g/mol. The number of fused-ring (bicyclic) bond motifs is 1. The third kappa shape index (κ3) is 5.07. The van der Waals surface area contributed by atoms with Crippen molar-refractivity contribution in [3.05, 3.63) is 75.8 Å². The van der Waals surface area contributed by atoms with Crippen LogP contribution in [0.25, 0.3) is 22.6 Å². The average molecular weight is 518 g/mol. The lowest BCUT2D eigenvalue weighted by atomic mass is 10.1. The van der Waals surface area contributed by atoms with Crippen molar-refractivity contribution in [1.29, 1.82) is 0 Å². The molecule has 11 heteroatoms. The molecule has 0 saturated carbocycles. The number of nitrogens with one attached hydrogen (secondary N) is 2. The van der Waals surface area contributed by atoms with Gasteiger partial charge in [0.1, 0.15) is 17.0 Å². The molecular weight excluding hydrogens is 494 g/mol. The molecule has 1 aliphatic heterocycles. The molecule has 1 amide bonds. The zero-order valence-corrected chi connectivity index (χ0v) is 20.7. The van der Waals surface area contributed by atoms with E-state index in [2.05, 4.69) is 15.6 Å². The van der Waals surface area contributed by atoms with Gasteiger partial charge in [-0.1, -0.05) is 6.07 Å². The number of aromatic hydroxyl groups is 1. The number of thiocarbonyl (C=S) groups is 1. The normalized spacial score (nSPS) is 13.1. The zero-order chi connectivity index (χ0) is 26.1. The molecule has 5 rings (SSSR count). The first-order chi connectivity index (χ1) is 17.8. The number of aromatic nitrogens is 1. The highest BCUT2D eigenvalue weighted by Crippen LogP contribution is 2.34. The van der Waals surface area contributed by atoms with Crippen LogP contribution in [0, 0.1) is 17.0 Å². The number of carbonyl (C=O) groups is 1. The summed E-state index contributed by atoms with van der Waals surface area (Å²) in [5, 5.41) is 27.5. The van der Waals surface area contributed by atoms with Crippen LogP contribution in [0.2, 0.25) is 0 Å². The molecule has 0 unspecified atom stereocenters. The molecule has 0 radical (unpaired) electrons. The van der Waals surface area contributed by atoms with E-state index < -0.39 is 10.8 Å². The van der Waals surface area contributed by atoms with Crippen LogP contribution in [0.5, 0.6) is 5.75 Å². The van der Waals surface area contributed by atoms with Gasteiger partial charge in [0.05, 0.1) is 10.5 Å². The van der Waals surface area contributed by atoms with E-state index in [1.165, 1.54) is 12.1 Å². The van der Waals surface area contributed by atoms with Crippen molar-refractivity contribution in [2.75, 3.05) is 23.3 Å². The van der Waals surface area contributed by atoms with Crippen LogP contribution >= 0.6 is 12.2 Å². The van der Waals surface area contributed by atoms with Gasteiger partial charge in [0, 0.05) is 36.5 Å². The fourth-order valence-electron chi connectivity index (χ4n) is 4.31. The summed E-state index contributed by atoms with van der Waals surface area (Å²) >= 11 is 5.24. The van der Waals surface area contributed by atoms with Crippen molar-refractivity contribution in [1.82, 2.24) is 10.3 Å². The Balaban J connectivity index is 1.28. The molecule has 3 aromatic carbocycles. The number of oxazole rings is 1. The van der Waals surface area contributed by atoms with E-state index in [1.807, 2.05) is 30.0 Å². The lowest BCUT2D eigenvalue weighted by Crippen LogP contribution is -2.34. The van der Waals surface area contributed by atoms with Crippen LogP contribution in [-0.2, 0) is 0 Å². The van der Waals surface area contributed by atoms with E-state index in [0.717, 1.165) is 31.5 Å². The van der Waals surface area contributed by atoms with Crippen LogP contribution in [0.4, 0.5) is 17.1 Å². The van der Waals surface area contributed by atoms with E-state index in [1.54, 1.807) is 24.3 Å². The molecule has 1 aromatic heterocycles. The van der Waals surface area contributed by atoms with Crippen molar-refractivity contribution in [2.45, 2.75) is 19.8 Å². The number of nitro benzene ring substituents is 1. The molecule has 4 aromatic rings. The number of hydrogen-bond donors (Lipinski definition) is 3. The van der Waals surface area contributed by atoms with Gasteiger partial charge in [0.25, 0.3) is 11.6 Å². The van der Waals surface area contributed by atoms with E-state index in [4.69, 9.17) is 16.6 Å². The van der Waals surface area contributed by atoms with Crippen LogP contribution < -0.4 is 15.5 Å². The topological polar surface area (TPSA) is 134 Å². The summed E-state index contributed by atoms with van der Waals surface area (Å²) in [4.78, 5) is 30.2. The number of aryl methyl sites for hydroxylation is 1. The number of phenols is 1. The molecule has 1 fully saturated rings. The van der Waals surface area contributed by atoms with Crippen LogP contribution in [0.15, 0.2) is 59.0 Å². The van der Waals surface area contributed by atoms with Gasteiger partial charge < -0.3 is 19.7 Å². The largest absolute Gasteiger partial charge is 0.507 e. The molecule has 0 atom stereocenters. The van der Waals surface area contributed by atoms with Crippen molar-refractivity contribution >= 4 is 51.4 Å². The highest BCUT2D eigenvalue weighted by Gasteiger charge is 2.24. The van der Waals surface area contributed by atoms with Crippen molar-refractivity contribution in [3.8, 4) is 17.2 Å². The number of phenolic OH excluding ortho intramolecular Hbond substituents is 1. The summed E-state index contributed by atoms with van der Waals surface area (Å²) in [7, 11) is 0. The number of hydrogen-bond acceptors (Lipinski definition) is 8. The lowest BCUT2D eigenvalue weighted by Gasteiger charge is -2.18. The zero-order valence-electron chi connectivity index (χ0n) is 19.9. The third-order valence-corrected chi connectivity index (χ3v) is 6.34. The minimum Gasteiger partial charge on any atom is -0.507 e. The second kappa shape index (κ2) is 9.86. The molecule has 1 saturated heterocycles. The van der Waals surface area contributed by atoms with E-state index in [0.29, 0.717) is 28.0 Å². The van der Waals surface area contributed by atoms with Crippen LogP contribution in [0.1, 0.15) is 28.8 Å². The van der Waals surface area contributed by atoms with Gasteiger partial charge in [0.2, 0.25) is 5.89 Å². The van der Waals surface area contributed by atoms with Gasteiger partial charge in [0.15, 0.2) is 10.7 Å². The van der Waals surface area contributed by atoms with Crippen molar-refractivity contribution < 1.29 is 19.2 Å². The van der Waals surface area contributed by atoms with Crippen LogP contribution in [-0.4, -0.2) is 39.1 Å². The Morgan fingerprint density at radius 1 is 1.14 bits per heavy atom. The van der Waals surface area contributed by atoms with E-state index in [9.17, 15) is 20.0 Å². The quantitative estimate of drug-likeness (QED) is 0.187. The summed E-state index contributed by atoms with van der Waals surface area (Å²) in [6, 6.07) is 14.8. The minimum absolute atomic E-state index is 0.0271. The number of anilines is 2. The average Bonchev–Trinajstić information content (AvgIpc) is 3.53. The summed E-state index contributed by atoms with van der Waals surface area (Å²) in [6.45, 7) is 3.45. The molecule has 37 heavy (non-hydrogen) atoms. The Labute approximate surface area is 217 Å². The maximum Gasteiger partial charge on any atom is 0.293 e. The second-order valence-corrected chi connectivity index (χ2v) is 9.19. The predicted octanol–water partition coefficient (Wildman–Crippen LogP) is 5.14. The summed E-state index contributed by atoms with van der Waals surface area (Å²) in [5.41, 5.74) is 3.66. The Kier molecular flexibility index (Phi) is 6.45.